The molecule has 0 aromatic heterocycles. The third-order valence-corrected chi connectivity index (χ3v) is 2.80. The van der Waals surface area contributed by atoms with Crippen molar-refractivity contribution in [3.8, 4) is 0 Å². The van der Waals surface area contributed by atoms with Crippen LogP contribution in [0, 0.1) is 0 Å². The number of fused-ring (bicyclic) bond motifs is 1. The maximum absolute atomic E-state index is 13.8. The molecule has 2 heterocycles. The molecule has 0 saturated carbocycles. The van der Waals surface area contributed by atoms with Crippen molar-refractivity contribution in [2.45, 2.75) is 63.8 Å². The van der Waals surface area contributed by atoms with Crippen molar-refractivity contribution in [1.29, 1.82) is 0 Å². The zero-order chi connectivity index (χ0) is 11.2. The monoisotopic (exact) mass is 220 g/mol. The van der Waals surface area contributed by atoms with Crippen molar-refractivity contribution in [2.24, 2.45) is 0 Å². The quantitative estimate of drug-likeness (QED) is 0.753. The van der Waals surface area contributed by atoms with Gasteiger partial charge in [0, 0.05) is 0 Å². The van der Waals surface area contributed by atoms with Gasteiger partial charge in [0.1, 0.15) is 12.2 Å². The lowest BCUT2D eigenvalue weighted by molar-refractivity contribution is -0.221. The van der Waals surface area contributed by atoms with Crippen molar-refractivity contribution in [3.05, 3.63) is 0 Å². The number of hydrogen-bond acceptors (Lipinski definition) is 4. The van der Waals surface area contributed by atoms with E-state index in [0.29, 0.717) is 6.42 Å². The van der Waals surface area contributed by atoms with Gasteiger partial charge in [0.15, 0.2) is 18.2 Å². The number of alkyl halides is 1. The highest BCUT2D eigenvalue weighted by Crippen LogP contribution is 2.39. The number of rotatable bonds is 2. The van der Waals surface area contributed by atoms with Gasteiger partial charge in [-0.3, -0.25) is 0 Å². The molecule has 2 aliphatic heterocycles. The molecule has 2 rings (SSSR count). The molecular formula is C10H17FO4. The molecule has 0 bridgehead atoms. The maximum atomic E-state index is 13.8. The second-order valence-electron chi connectivity index (χ2n) is 4.49. The Morgan fingerprint density at radius 1 is 1.40 bits per heavy atom. The summed E-state index contributed by atoms with van der Waals surface area (Å²) >= 11 is 0. The highest BCUT2D eigenvalue weighted by molar-refractivity contribution is 4.95. The Morgan fingerprint density at radius 2 is 2.07 bits per heavy atom. The summed E-state index contributed by atoms with van der Waals surface area (Å²) in [6.45, 7) is 5.21. The zero-order valence-electron chi connectivity index (χ0n) is 9.14. The fourth-order valence-corrected chi connectivity index (χ4v) is 2.03. The van der Waals surface area contributed by atoms with E-state index in [-0.39, 0.29) is 0 Å². The van der Waals surface area contributed by atoms with E-state index in [1.54, 1.807) is 20.8 Å². The van der Waals surface area contributed by atoms with Crippen LogP contribution < -0.4 is 0 Å². The molecule has 0 unspecified atom stereocenters. The summed E-state index contributed by atoms with van der Waals surface area (Å²) in [5.74, 6) is -0.804. The second-order valence-corrected chi connectivity index (χ2v) is 4.49. The van der Waals surface area contributed by atoms with E-state index in [0.717, 1.165) is 0 Å². The van der Waals surface area contributed by atoms with Gasteiger partial charge in [-0.05, 0) is 20.3 Å². The first-order chi connectivity index (χ1) is 6.94. The summed E-state index contributed by atoms with van der Waals surface area (Å²) in [4.78, 5) is 0. The van der Waals surface area contributed by atoms with Crippen LogP contribution in [0.5, 0.6) is 0 Å². The molecule has 0 aromatic carbocycles. The summed E-state index contributed by atoms with van der Waals surface area (Å²) in [7, 11) is 0. The van der Waals surface area contributed by atoms with Crippen LogP contribution in [0.25, 0.3) is 0 Å². The molecule has 5 atom stereocenters. The fourth-order valence-electron chi connectivity index (χ4n) is 2.03. The molecular weight excluding hydrogens is 203 g/mol. The van der Waals surface area contributed by atoms with Gasteiger partial charge in [0.05, 0.1) is 6.10 Å². The van der Waals surface area contributed by atoms with Crippen LogP contribution >= 0.6 is 0 Å². The second kappa shape index (κ2) is 3.66. The largest absolute Gasteiger partial charge is 0.390 e. The van der Waals surface area contributed by atoms with Gasteiger partial charge in [-0.2, -0.15) is 0 Å². The Balaban J connectivity index is 2.05. The first-order valence-electron chi connectivity index (χ1n) is 5.28. The molecule has 4 nitrogen and oxygen atoms in total. The van der Waals surface area contributed by atoms with E-state index in [9.17, 15) is 9.50 Å². The van der Waals surface area contributed by atoms with Crippen LogP contribution in [-0.2, 0) is 14.2 Å². The van der Waals surface area contributed by atoms with E-state index in [1.165, 1.54) is 0 Å². The van der Waals surface area contributed by atoms with E-state index in [1.807, 2.05) is 0 Å². The SMILES string of the molecule is CC[C@@H](O)[C@H]1O[C@@H]2OC(C)(C)O[C@@H]2[C@H]1F. The highest BCUT2D eigenvalue weighted by atomic mass is 19.1. The molecule has 0 amide bonds. The fraction of sp³-hybridized carbons (Fsp3) is 1.00. The van der Waals surface area contributed by atoms with Crippen molar-refractivity contribution < 1.29 is 23.7 Å². The first-order valence-corrected chi connectivity index (χ1v) is 5.28. The van der Waals surface area contributed by atoms with Gasteiger partial charge in [0.2, 0.25) is 0 Å². The van der Waals surface area contributed by atoms with Gasteiger partial charge in [-0.1, -0.05) is 6.92 Å². The minimum Gasteiger partial charge on any atom is -0.390 e. The van der Waals surface area contributed by atoms with Crippen LogP contribution in [0.15, 0.2) is 0 Å². The summed E-state index contributed by atoms with van der Waals surface area (Å²) < 4.78 is 29.9. The normalized spacial score (nSPS) is 45.4. The van der Waals surface area contributed by atoms with Crippen LogP contribution in [0.4, 0.5) is 4.39 Å². The Hall–Kier alpha value is -0.230. The molecule has 15 heavy (non-hydrogen) atoms. The number of aliphatic hydroxyl groups is 1. The van der Waals surface area contributed by atoms with E-state index in [4.69, 9.17) is 14.2 Å². The summed E-state index contributed by atoms with van der Waals surface area (Å²) in [6.07, 6.45) is -3.92. The van der Waals surface area contributed by atoms with Gasteiger partial charge in [-0.15, -0.1) is 0 Å². The topological polar surface area (TPSA) is 47.9 Å². The minimum absolute atomic E-state index is 0.452. The van der Waals surface area contributed by atoms with Gasteiger partial charge >= 0.3 is 0 Å². The lowest BCUT2D eigenvalue weighted by atomic mass is 10.1. The predicted octanol–water partition coefficient (Wildman–Crippen LogP) is 0.972. The van der Waals surface area contributed by atoms with Crippen LogP contribution in [0.2, 0.25) is 0 Å². The summed E-state index contributed by atoms with van der Waals surface area (Å²) in [5, 5.41) is 9.54. The lowest BCUT2D eigenvalue weighted by Crippen LogP contribution is -2.38. The molecule has 2 fully saturated rings. The third kappa shape index (κ3) is 1.89. The first kappa shape index (κ1) is 11.3. The number of hydrogen-bond donors (Lipinski definition) is 1. The Morgan fingerprint density at radius 3 is 2.60 bits per heavy atom. The molecule has 0 radical (unpaired) electrons. The minimum atomic E-state index is -1.33. The molecule has 88 valence electrons. The van der Waals surface area contributed by atoms with Gasteiger partial charge in [0.25, 0.3) is 0 Å². The highest BCUT2D eigenvalue weighted by Gasteiger charge is 2.56. The predicted molar refractivity (Wildman–Crippen MR) is 49.9 cm³/mol. The summed E-state index contributed by atoms with van der Waals surface area (Å²) in [5.41, 5.74) is 0. The lowest BCUT2D eigenvalue weighted by Gasteiger charge is -2.24. The molecule has 0 aromatic rings. The molecule has 0 aliphatic carbocycles. The standard InChI is InChI=1S/C10H17FO4/c1-4-5(12)7-6(11)8-9(13-7)15-10(2,3)14-8/h5-9,12H,4H2,1-3H3/t5-,6+,7-,8-,9-/m1/s1. The molecule has 2 saturated heterocycles. The van der Waals surface area contributed by atoms with Gasteiger partial charge < -0.3 is 19.3 Å². The van der Waals surface area contributed by atoms with Crippen molar-refractivity contribution in [1.82, 2.24) is 0 Å². The Labute approximate surface area is 88.3 Å². The van der Waals surface area contributed by atoms with Crippen LogP contribution in [0.1, 0.15) is 27.2 Å². The number of aliphatic hydroxyl groups excluding tert-OH is 1. The van der Waals surface area contributed by atoms with Gasteiger partial charge in [-0.25, -0.2) is 4.39 Å². The Bertz CT molecular complexity index is 246. The molecule has 0 spiro atoms. The molecule has 1 N–H and O–H groups in total. The molecule has 5 heteroatoms. The van der Waals surface area contributed by atoms with Crippen molar-refractivity contribution in [2.75, 3.05) is 0 Å². The van der Waals surface area contributed by atoms with Crippen LogP contribution in [0.3, 0.4) is 0 Å². The Kier molecular flexibility index (Phi) is 2.75. The average molecular weight is 220 g/mol. The smallest absolute Gasteiger partial charge is 0.190 e. The molecule has 2 aliphatic rings. The van der Waals surface area contributed by atoms with Crippen LogP contribution in [-0.4, -0.2) is 41.7 Å². The van der Waals surface area contributed by atoms with E-state index >= 15 is 0 Å². The summed E-state index contributed by atoms with van der Waals surface area (Å²) in [6, 6.07) is 0. The van der Waals surface area contributed by atoms with E-state index < -0.39 is 36.6 Å². The maximum Gasteiger partial charge on any atom is 0.190 e. The van der Waals surface area contributed by atoms with Crippen molar-refractivity contribution in [3.63, 3.8) is 0 Å². The number of ether oxygens (including phenoxy) is 3. The number of halogens is 1. The van der Waals surface area contributed by atoms with E-state index in [2.05, 4.69) is 0 Å². The average Bonchev–Trinajstić information content (AvgIpc) is 2.60. The zero-order valence-corrected chi connectivity index (χ0v) is 9.14. The third-order valence-electron chi connectivity index (χ3n) is 2.80. The van der Waals surface area contributed by atoms with Crippen molar-refractivity contribution >= 4 is 0 Å².